The maximum absolute atomic E-state index is 9.36. The molecule has 0 radical (unpaired) electrons. The SMILES string of the molecule is OCCN(Cc1ccccn1)C1CCc2ccccc21. The van der Waals surface area contributed by atoms with Crippen molar-refractivity contribution in [1.29, 1.82) is 0 Å². The van der Waals surface area contributed by atoms with Crippen LogP contribution < -0.4 is 0 Å². The van der Waals surface area contributed by atoms with Gasteiger partial charge in [-0.1, -0.05) is 30.3 Å². The van der Waals surface area contributed by atoms with Crippen LogP contribution in [0.25, 0.3) is 0 Å². The van der Waals surface area contributed by atoms with Gasteiger partial charge < -0.3 is 5.11 Å². The van der Waals surface area contributed by atoms with Gasteiger partial charge in [0, 0.05) is 25.3 Å². The average Bonchev–Trinajstić information content (AvgIpc) is 2.92. The molecule has 1 aliphatic carbocycles. The first kappa shape index (κ1) is 13.3. The van der Waals surface area contributed by atoms with E-state index in [0.29, 0.717) is 12.6 Å². The van der Waals surface area contributed by atoms with E-state index in [1.807, 2.05) is 24.4 Å². The second kappa shape index (κ2) is 6.16. The lowest BCUT2D eigenvalue weighted by Gasteiger charge is -2.28. The Hall–Kier alpha value is -1.71. The molecule has 20 heavy (non-hydrogen) atoms. The molecule has 1 aromatic carbocycles. The molecular formula is C17H20N2O. The summed E-state index contributed by atoms with van der Waals surface area (Å²) >= 11 is 0. The number of aliphatic hydroxyl groups is 1. The Bertz CT molecular complexity index is 556. The number of nitrogens with zero attached hydrogens (tertiary/aromatic N) is 2. The Morgan fingerprint density at radius 3 is 2.80 bits per heavy atom. The van der Waals surface area contributed by atoms with Crippen molar-refractivity contribution < 1.29 is 5.11 Å². The highest BCUT2D eigenvalue weighted by atomic mass is 16.3. The van der Waals surface area contributed by atoms with Crippen molar-refractivity contribution in [2.45, 2.75) is 25.4 Å². The number of aliphatic hydroxyl groups excluding tert-OH is 1. The molecule has 1 N–H and O–H groups in total. The van der Waals surface area contributed by atoms with Gasteiger partial charge in [-0.3, -0.25) is 9.88 Å². The summed E-state index contributed by atoms with van der Waals surface area (Å²) in [6.07, 6.45) is 4.09. The molecule has 1 heterocycles. The van der Waals surface area contributed by atoms with Crippen LogP contribution in [0, 0.1) is 0 Å². The van der Waals surface area contributed by atoms with Crippen molar-refractivity contribution in [3.8, 4) is 0 Å². The maximum atomic E-state index is 9.36. The molecule has 0 fully saturated rings. The summed E-state index contributed by atoms with van der Waals surface area (Å²) < 4.78 is 0. The monoisotopic (exact) mass is 268 g/mol. The zero-order valence-corrected chi connectivity index (χ0v) is 11.6. The van der Waals surface area contributed by atoms with E-state index in [1.165, 1.54) is 11.1 Å². The van der Waals surface area contributed by atoms with Gasteiger partial charge >= 0.3 is 0 Å². The van der Waals surface area contributed by atoms with Crippen LogP contribution >= 0.6 is 0 Å². The topological polar surface area (TPSA) is 36.4 Å². The van der Waals surface area contributed by atoms with Crippen LogP contribution in [0.5, 0.6) is 0 Å². The van der Waals surface area contributed by atoms with E-state index in [0.717, 1.165) is 25.1 Å². The van der Waals surface area contributed by atoms with E-state index in [1.54, 1.807) is 0 Å². The van der Waals surface area contributed by atoms with Crippen LogP contribution in [0.4, 0.5) is 0 Å². The van der Waals surface area contributed by atoms with E-state index in [2.05, 4.69) is 34.1 Å². The first-order valence-electron chi connectivity index (χ1n) is 7.21. The highest BCUT2D eigenvalue weighted by molar-refractivity contribution is 5.34. The van der Waals surface area contributed by atoms with Gasteiger partial charge in [-0.15, -0.1) is 0 Å². The number of aromatic nitrogens is 1. The number of fused-ring (bicyclic) bond motifs is 1. The van der Waals surface area contributed by atoms with Gasteiger partial charge in [-0.05, 0) is 36.1 Å². The number of hydrogen-bond acceptors (Lipinski definition) is 3. The van der Waals surface area contributed by atoms with Crippen molar-refractivity contribution in [2.75, 3.05) is 13.2 Å². The summed E-state index contributed by atoms with van der Waals surface area (Å²) in [5.74, 6) is 0. The standard InChI is InChI=1S/C17H20N2O/c20-12-11-19(13-15-6-3-4-10-18-15)17-9-8-14-5-1-2-7-16(14)17/h1-7,10,17,20H,8-9,11-13H2. The van der Waals surface area contributed by atoms with Crippen molar-refractivity contribution in [3.05, 3.63) is 65.5 Å². The lowest BCUT2D eigenvalue weighted by Crippen LogP contribution is -2.30. The summed E-state index contributed by atoms with van der Waals surface area (Å²) in [5, 5.41) is 9.36. The van der Waals surface area contributed by atoms with Gasteiger partial charge in [0.15, 0.2) is 0 Å². The third-order valence-electron chi connectivity index (χ3n) is 4.02. The fourth-order valence-corrected chi connectivity index (χ4v) is 3.09. The second-order valence-electron chi connectivity index (χ2n) is 5.27. The molecule has 2 aromatic rings. The van der Waals surface area contributed by atoms with Crippen LogP contribution in [0.15, 0.2) is 48.7 Å². The fourth-order valence-electron chi connectivity index (χ4n) is 3.09. The molecule has 1 aliphatic rings. The summed E-state index contributed by atoms with van der Waals surface area (Å²) in [4.78, 5) is 6.75. The van der Waals surface area contributed by atoms with Crippen LogP contribution in [0.2, 0.25) is 0 Å². The zero-order valence-electron chi connectivity index (χ0n) is 11.6. The quantitative estimate of drug-likeness (QED) is 0.905. The first-order valence-corrected chi connectivity index (χ1v) is 7.21. The van der Waals surface area contributed by atoms with E-state index >= 15 is 0 Å². The molecule has 0 saturated heterocycles. The Kier molecular flexibility index (Phi) is 4.09. The lowest BCUT2D eigenvalue weighted by molar-refractivity contribution is 0.141. The molecule has 0 amide bonds. The summed E-state index contributed by atoms with van der Waals surface area (Å²) in [5.41, 5.74) is 3.92. The molecular weight excluding hydrogens is 248 g/mol. The fraction of sp³-hybridized carbons (Fsp3) is 0.353. The molecule has 0 spiro atoms. The maximum Gasteiger partial charge on any atom is 0.0558 e. The van der Waals surface area contributed by atoms with Crippen molar-refractivity contribution in [3.63, 3.8) is 0 Å². The van der Waals surface area contributed by atoms with E-state index in [-0.39, 0.29) is 6.61 Å². The Morgan fingerprint density at radius 2 is 2.00 bits per heavy atom. The number of rotatable bonds is 5. The minimum Gasteiger partial charge on any atom is -0.395 e. The Morgan fingerprint density at radius 1 is 1.15 bits per heavy atom. The average molecular weight is 268 g/mol. The summed E-state index contributed by atoms with van der Waals surface area (Å²) in [6.45, 7) is 1.67. The predicted octanol–water partition coefficient (Wildman–Crippen LogP) is 2.56. The molecule has 3 nitrogen and oxygen atoms in total. The van der Waals surface area contributed by atoms with Gasteiger partial charge in [0.25, 0.3) is 0 Å². The smallest absolute Gasteiger partial charge is 0.0558 e. The van der Waals surface area contributed by atoms with Gasteiger partial charge in [0.1, 0.15) is 0 Å². The van der Waals surface area contributed by atoms with Crippen LogP contribution in [0.3, 0.4) is 0 Å². The normalized spacial score (nSPS) is 17.4. The van der Waals surface area contributed by atoms with Crippen LogP contribution in [0.1, 0.15) is 29.3 Å². The Balaban J connectivity index is 1.81. The highest BCUT2D eigenvalue weighted by Gasteiger charge is 2.27. The van der Waals surface area contributed by atoms with Gasteiger partial charge in [0.2, 0.25) is 0 Å². The minimum absolute atomic E-state index is 0.186. The van der Waals surface area contributed by atoms with E-state index in [9.17, 15) is 5.11 Å². The van der Waals surface area contributed by atoms with Crippen LogP contribution in [-0.4, -0.2) is 28.1 Å². The van der Waals surface area contributed by atoms with Crippen molar-refractivity contribution in [1.82, 2.24) is 9.88 Å². The third kappa shape index (κ3) is 2.74. The van der Waals surface area contributed by atoms with Gasteiger partial charge in [-0.2, -0.15) is 0 Å². The molecule has 0 aliphatic heterocycles. The largest absolute Gasteiger partial charge is 0.395 e. The van der Waals surface area contributed by atoms with E-state index in [4.69, 9.17) is 0 Å². The molecule has 0 bridgehead atoms. The first-order chi connectivity index (χ1) is 9.88. The molecule has 1 atom stereocenters. The highest BCUT2D eigenvalue weighted by Crippen LogP contribution is 2.35. The number of pyridine rings is 1. The molecule has 0 saturated carbocycles. The zero-order chi connectivity index (χ0) is 13.8. The van der Waals surface area contributed by atoms with Crippen molar-refractivity contribution >= 4 is 0 Å². The number of hydrogen-bond donors (Lipinski definition) is 1. The number of aryl methyl sites for hydroxylation is 1. The van der Waals surface area contributed by atoms with Gasteiger partial charge in [0.05, 0.1) is 12.3 Å². The molecule has 1 aromatic heterocycles. The minimum atomic E-state index is 0.186. The van der Waals surface area contributed by atoms with E-state index < -0.39 is 0 Å². The summed E-state index contributed by atoms with van der Waals surface area (Å²) in [7, 11) is 0. The second-order valence-corrected chi connectivity index (χ2v) is 5.27. The van der Waals surface area contributed by atoms with Crippen LogP contribution in [-0.2, 0) is 13.0 Å². The van der Waals surface area contributed by atoms with Gasteiger partial charge in [-0.25, -0.2) is 0 Å². The Labute approximate surface area is 119 Å². The molecule has 1 unspecified atom stereocenters. The predicted molar refractivity (Wildman–Crippen MR) is 79.2 cm³/mol. The lowest BCUT2D eigenvalue weighted by atomic mass is 10.1. The summed E-state index contributed by atoms with van der Waals surface area (Å²) in [6, 6.07) is 15.0. The number of benzene rings is 1. The molecule has 104 valence electrons. The third-order valence-corrected chi connectivity index (χ3v) is 4.02. The molecule has 3 heteroatoms. The van der Waals surface area contributed by atoms with Crippen molar-refractivity contribution in [2.24, 2.45) is 0 Å². The molecule has 3 rings (SSSR count).